The molecule has 2 heteroatoms. The highest BCUT2D eigenvalue weighted by atomic mass is 16.1. The fraction of sp³-hybridized carbons (Fsp3) is 0.958. The molecule has 0 fully saturated rings. The first-order chi connectivity index (χ1) is 12.8. The largest absolute Gasteiger partial charge is 0.356 e. The van der Waals surface area contributed by atoms with Crippen molar-refractivity contribution in [2.24, 2.45) is 0 Å². The van der Waals surface area contributed by atoms with Crippen LogP contribution >= 0.6 is 0 Å². The van der Waals surface area contributed by atoms with Crippen molar-refractivity contribution in [3.63, 3.8) is 0 Å². The number of carbonyl (C=O) groups excluding carboxylic acids is 1. The Labute approximate surface area is 165 Å². The number of amides is 1. The Morgan fingerprint density at radius 1 is 0.500 bits per heavy atom. The predicted octanol–water partition coefficient (Wildman–Crippen LogP) is 7.94. The lowest BCUT2D eigenvalue weighted by atomic mass is 10.0. The first-order valence-electron chi connectivity index (χ1n) is 12.1. The molecule has 0 saturated heterocycles. The van der Waals surface area contributed by atoms with Gasteiger partial charge < -0.3 is 5.32 Å². The number of hydrogen-bond donors (Lipinski definition) is 1. The van der Waals surface area contributed by atoms with E-state index in [1.54, 1.807) is 0 Å². The van der Waals surface area contributed by atoms with E-state index >= 15 is 0 Å². The van der Waals surface area contributed by atoms with E-state index in [2.05, 4.69) is 19.2 Å². The summed E-state index contributed by atoms with van der Waals surface area (Å²) in [5, 5.41) is 3.03. The molecule has 0 aliphatic rings. The Morgan fingerprint density at radius 2 is 0.846 bits per heavy atom. The van der Waals surface area contributed by atoms with E-state index in [9.17, 15) is 4.79 Å². The molecule has 0 atom stereocenters. The van der Waals surface area contributed by atoms with Crippen LogP contribution in [-0.4, -0.2) is 12.5 Å². The van der Waals surface area contributed by atoms with Gasteiger partial charge in [-0.2, -0.15) is 0 Å². The van der Waals surface area contributed by atoms with Gasteiger partial charge in [-0.3, -0.25) is 4.79 Å². The zero-order valence-electron chi connectivity index (χ0n) is 18.3. The van der Waals surface area contributed by atoms with Crippen molar-refractivity contribution in [1.29, 1.82) is 0 Å². The van der Waals surface area contributed by atoms with Crippen LogP contribution in [0.4, 0.5) is 0 Å². The topological polar surface area (TPSA) is 29.1 Å². The van der Waals surface area contributed by atoms with Gasteiger partial charge in [0.1, 0.15) is 0 Å². The molecule has 0 heterocycles. The van der Waals surface area contributed by atoms with Gasteiger partial charge >= 0.3 is 0 Å². The molecule has 0 bridgehead atoms. The lowest BCUT2D eigenvalue weighted by Crippen LogP contribution is -2.23. The fourth-order valence-electron chi connectivity index (χ4n) is 3.52. The quantitative estimate of drug-likeness (QED) is 0.205. The minimum absolute atomic E-state index is 0.256. The highest BCUT2D eigenvalue weighted by Crippen LogP contribution is 2.14. The van der Waals surface area contributed by atoms with Gasteiger partial charge in [-0.25, -0.2) is 0 Å². The van der Waals surface area contributed by atoms with Gasteiger partial charge in [0.05, 0.1) is 0 Å². The molecule has 0 aliphatic carbocycles. The van der Waals surface area contributed by atoms with Crippen molar-refractivity contribution in [3.05, 3.63) is 0 Å². The van der Waals surface area contributed by atoms with Crippen molar-refractivity contribution in [2.45, 2.75) is 142 Å². The van der Waals surface area contributed by atoms with E-state index in [4.69, 9.17) is 0 Å². The van der Waals surface area contributed by atoms with Crippen LogP contribution in [0.25, 0.3) is 0 Å². The van der Waals surface area contributed by atoms with Gasteiger partial charge in [0.25, 0.3) is 0 Å². The molecule has 0 saturated carbocycles. The highest BCUT2D eigenvalue weighted by Gasteiger charge is 2.00. The monoisotopic (exact) mass is 367 g/mol. The van der Waals surface area contributed by atoms with Crippen LogP contribution in [0.5, 0.6) is 0 Å². The summed E-state index contributed by atoms with van der Waals surface area (Å²) in [5.41, 5.74) is 0. The van der Waals surface area contributed by atoms with Gasteiger partial charge in [-0.1, -0.05) is 123 Å². The van der Waals surface area contributed by atoms with E-state index in [1.807, 2.05) is 0 Å². The molecule has 0 rings (SSSR count). The maximum atomic E-state index is 11.6. The molecule has 2 nitrogen and oxygen atoms in total. The van der Waals surface area contributed by atoms with Gasteiger partial charge in [0.2, 0.25) is 5.91 Å². The van der Waals surface area contributed by atoms with Crippen LogP contribution in [0.15, 0.2) is 0 Å². The Bertz CT molecular complexity index is 277. The van der Waals surface area contributed by atoms with Crippen LogP contribution in [0, 0.1) is 0 Å². The summed E-state index contributed by atoms with van der Waals surface area (Å²) >= 11 is 0. The molecule has 0 aromatic rings. The van der Waals surface area contributed by atoms with Crippen molar-refractivity contribution in [3.8, 4) is 0 Å². The van der Waals surface area contributed by atoms with Crippen LogP contribution in [0.3, 0.4) is 0 Å². The molecular weight excluding hydrogens is 318 g/mol. The maximum absolute atomic E-state index is 11.6. The van der Waals surface area contributed by atoms with E-state index < -0.39 is 0 Å². The van der Waals surface area contributed by atoms with Crippen molar-refractivity contribution >= 4 is 5.91 Å². The number of nitrogens with one attached hydrogen (secondary N) is 1. The molecule has 0 radical (unpaired) electrons. The van der Waals surface area contributed by atoms with Crippen molar-refractivity contribution < 1.29 is 4.79 Å². The lowest BCUT2D eigenvalue weighted by molar-refractivity contribution is -0.121. The normalized spacial score (nSPS) is 11.0. The summed E-state index contributed by atoms with van der Waals surface area (Å²) in [6, 6.07) is 0. The summed E-state index contributed by atoms with van der Waals surface area (Å²) in [7, 11) is 0. The van der Waals surface area contributed by atoms with Gasteiger partial charge in [0, 0.05) is 13.0 Å². The van der Waals surface area contributed by atoms with Crippen molar-refractivity contribution in [2.75, 3.05) is 6.54 Å². The van der Waals surface area contributed by atoms with Crippen LogP contribution in [0.1, 0.15) is 142 Å². The zero-order valence-corrected chi connectivity index (χ0v) is 18.3. The van der Waals surface area contributed by atoms with Gasteiger partial charge in [-0.15, -0.1) is 0 Å². The molecule has 156 valence electrons. The Kier molecular flexibility index (Phi) is 22.1. The summed E-state index contributed by atoms with van der Waals surface area (Å²) in [4.78, 5) is 11.6. The molecule has 26 heavy (non-hydrogen) atoms. The third-order valence-corrected chi connectivity index (χ3v) is 5.36. The van der Waals surface area contributed by atoms with Crippen molar-refractivity contribution in [1.82, 2.24) is 5.32 Å². The minimum atomic E-state index is 0.256. The first-order valence-corrected chi connectivity index (χ1v) is 12.1. The maximum Gasteiger partial charge on any atom is 0.219 e. The second-order valence-electron chi connectivity index (χ2n) is 8.11. The molecule has 0 aromatic heterocycles. The van der Waals surface area contributed by atoms with E-state index in [-0.39, 0.29) is 5.91 Å². The molecular formula is C24H49NO. The average Bonchev–Trinajstić information content (AvgIpc) is 2.65. The smallest absolute Gasteiger partial charge is 0.219 e. The van der Waals surface area contributed by atoms with Gasteiger partial charge in [0.15, 0.2) is 0 Å². The Balaban J connectivity index is 3.07. The standard InChI is InChI=1S/C24H49NO/c1-3-5-7-8-9-10-11-12-13-14-15-16-17-18-19-20-22-24(26)25-23-21-6-4-2/h3-23H2,1-2H3,(H,25,26). The lowest BCUT2D eigenvalue weighted by Gasteiger charge is -2.05. The van der Waals surface area contributed by atoms with E-state index in [1.165, 1.54) is 109 Å². The summed E-state index contributed by atoms with van der Waals surface area (Å²) in [6.45, 7) is 5.35. The highest BCUT2D eigenvalue weighted by molar-refractivity contribution is 5.75. The van der Waals surface area contributed by atoms with E-state index in [0.717, 1.165) is 25.8 Å². The Morgan fingerprint density at radius 3 is 1.27 bits per heavy atom. The zero-order chi connectivity index (χ0) is 19.1. The minimum Gasteiger partial charge on any atom is -0.356 e. The number of hydrogen-bond acceptors (Lipinski definition) is 1. The molecule has 0 spiro atoms. The average molecular weight is 368 g/mol. The molecule has 1 N–H and O–H groups in total. The van der Waals surface area contributed by atoms with Crippen LogP contribution in [-0.2, 0) is 4.79 Å². The number of unbranched alkanes of at least 4 members (excludes halogenated alkanes) is 17. The predicted molar refractivity (Wildman–Crippen MR) is 117 cm³/mol. The number of carbonyl (C=O) groups is 1. The summed E-state index contributed by atoms with van der Waals surface area (Å²) in [6.07, 6.45) is 26.4. The van der Waals surface area contributed by atoms with Crippen LogP contribution in [0.2, 0.25) is 0 Å². The third-order valence-electron chi connectivity index (χ3n) is 5.36. The Hall–Kier alpha value is -0.530. The second-order valence-corrected chi connectivity index (χ2v) is 8.11. The SMILES string of the molecule is CCCCCCCCCCCCCCCCCCC(=O)NCCCCC. The first kappa shape index (κ1) is 25.5. The molecule has 1 amide bonds. The second kappa shape index (κ2) is 22.5. The fourth-order valence-corrected chi connectivity index (χ4v) is 3.52. The third kappa shape index (κ3) is 21.5. The molecule has 0 aliphatic heterocycles. The summed E-state index contributed by atoms with van der Waals surface area (Å²) < 4.78 is 0. The number of rotatable bonds is 21. The summed E-state index contributed by atoms with van der Waals surface area (Å²) in [5.74, 6) is 0.256. The molecule has 0 unspecified atom stereocenters. The van der Waals surface area contributed by atoms with E-state index in [0.29, 0.717) is 0 Å². The van der Waals surface area contributed by atoms with Crippen LogP contribution < -0.4 is 5.32 Å². The molecule has 0 aromatic carbocycles. The van der Waals surface area contributed by atoms with Gasteiger partial charge in [-0.05, 0) is 12.8 Å².